The average Bonchev–Trinajstić information content (AvgIpc) is 2.81. The summed E-state index contributed by atoms with van der Waals surface area (Å²) in [7, 11) is 2.11. The molecule has 0 unspecified atom stereocenters. The first-order chi connectivity index (χ1) is 15.7. The van der Waals surface area contributed by atoms with Gasteiger partial charge in [0.1, 0.15) is 0 Å². The maximum absolute atomic E-state index is 13.6. The molecule has 1 aliphatic heterocycles. The van der Waals surface area contributed by atoms with Crippen LogP contribution in [0.3, 0.4) is 0 Å². The van der Waals surface area contributed by atoms with Crippen LogP contribution in [0.2, 0.25) is 0 Å². The molecule has 0 saturated carbocycles. The first kappa shape index (κ1) is 23.5. The van der Waals surface area contributed by atoms with Crippen molar-refractivity contribution in [2.24, 2.45) is 0 Å². The number of pyridine rings is 1. The number of benzene rings is 2. The molecule has 174 valence electrons. The minimum absolute atomic E-state index is 0.0349. The maximum Gasteiger partial charge on any atom is 0.416 e. The molecule has 0 radical (unpaired) electrons. The van der Waals surface area contributed by atoms with Gasteiger partial charge in [0.2, 0.25) is 0 Å². The lowest BCUT2D eigenvalue weighted by atomic mass is 9.73. The van der Waals surface area contributed by atoms with Gasteiger partial charge in [-0.3, -0.25) is 4.98 Å². The Kier molecular flexibility index (Phi) is 6.86. The van der Waals surface area contributed by atoms with Crippen molar-refractivity contribution in [1.29, 1.82) is 0 Å². The highest BCUT2D eigenvalue weighted by atomic mass is 19.4. The second kappa shape index (κ2) is 9.65. The third-order valence-corrected chi connectivity index (χ3v) is 6.51. The molecule has 2 aromatic carbocycles. The van der Waals surface area contributed by atoms with Crippen molar-refractivity contribution in [3.8, 4) is 11.3 Å². The van der Waals surface area contributed by atoms with E-state index in [0.29, 0.717) is 17.9 Å². The molecule has 0 bridgehead atoms. The molecule has 1 aromatic heterocycles. The number of rotatable bonds is 6. The van der Waals surface area contributed by atoms with Crippen molar-refractivity contribution >= 4 is 0 Å². The van der Waals surface area contributed by atoms with Crippen molar-refractivity contribution in [3.05, 3.63) is 89.1 Å². The van der Waals surface area contributed by atoms with E-state index in [1.54, 1.807) is 12.1 Å². The molecule has 0 atom stereocenters. The third-order valence-electron chi connectivity index (χ3n) is 6.51. The second-order valence-corrected chi connectivity index (χ2v) is 9.04. The number of piperidine rings is 1. The summed E-state index contributed by atoms with van der Waals surface area (Å²) in [4.78, 5) is 6.80. The van der Waals surface area contributed by atoms with Crippen LogP contribution in [0.25, 0.3) is 11.3 Å². The van der Waals surface area contributed by atoms with Gasteiger partial charge in [0, 0.05) is 11.0 Å². The standard InChI is InChI=1S/C27H29F3N2O/c1-20-8-10-21(11-9-20)25-17-23(27(28,29)30)16-24(31-25)18-33-19-26(12-14-32(2)15-13-26)22-6-4-3-5-7-22/h3-11,16-17H,12-15,18-19H2,1-2H3. The molecule has 3 aromatic rings. The fourth-order valence-electron chi connectivity index (χ4n) is 4.40. The number of aryl methyl sites for hydroxylation is 1. The van der Waals surface area contributed by atoms with Crippen LogP contribution in [0.5, 0.6) is 0 Å². The second-order valence-electron chi connectivity index (χ2n) is 9.04. The average molecular weight is 455 g/mol. The monoisotopic (exact) mass is 454 g/mol. The normalized spacial score (nSPS) is 16.6. The van der Waals surface area contributed by atoms with Crippen LogP contribution in [-0.2, 0) is 22.9 Å². The van der Waals surface area contributed by atoms with Gasteiger partial charge < -0.3 is 9.64 Å². The van der Waals surface area contributed by atoms with Gasteiger partial charge in [-0.05, 0) is 57.6 Å². The minimum atomic E-state index is -4.45. The number of alkyl halides is 3. The van der Waals surface area contributed by atoms with Crippen LogP contribution in [0.4, 0.5) is 13.2 Å². The number of aromatic nitrogens is 1. The van der Waals surface area contributed by atoms with Crippen molar-refractivity contribution in [2.75, 3.05) is 26.7 Å². The molecule has 2 heterocycles. The predicted molar refractivity (Wildman–Crippen MR) is 124 cm³/mol. The molecule has 0 amide bonds. The Morgan fingerprint density at radius 1 is 0.970 bits per heavy atom. The van der Waals surface area contributed by atoms with Crippen LogP contribution < -0.4 is 0 Å². The number of ether oxygens (including phenoxy) is 1. The molecule has 33 heavy (non-hydrogen) atoms. The van der Waals surface area contributed by atoms with Crippen molar-refractivity contribution in [2.45, 2.75) is 38.0 Å². The lowest BCUT2D eigenvalue weighted by Gasteiger charge is -2.41. The Hall–Kier alpha value is -2.70. The molecular formula is C27H29F3N2O. The molecule has 0 N–H and O–H groups in total. The summed E-state index contributed by atoms with van der Waals surface area (Å²) >= 11 is 0. The van der Waals surface area contributed by atoms with E-state index in [9.17, 15) is 13.2 Å². The lowest BCUT2D eigenvalue weighted by molar-refractivity contribution is -0.137. The highest BCUT2D eigenvalue weighted by Crippen LogP contribution is 2.36. The molecule has 0 spiro atoms. The summed E-state index contributed by atoms with van der Waals surface area (Å²) < 4.78 is 46.8. The summed E-state index contributed by atoms with van der Waals surface area (Å²) in [5.74, 6) is 0. The van der Waals surface area contributed by atoms with Crippen molar-refractivity contribution < 1.29 is 17.9 Å². The van der Waals surface area contributed by atoms with Gasteiger partial charge in [-0.2, -0.15) is 13.2 Å². The number of hydrogen-bond donors (Lipinski definition) is 0. The van der Waals surface area contributed by atoms with Gasteiger partial charge in [0.05, 0.1) is 30.2 Å². The van der Waals surface area contributed by atoms with Crippen LogP contribution in [0.15, 0.2) is 66.7 Å². The fraction of sp³-hybridized carbons (Fsp3) is 0.370. The number of halogens is 3. The van der Waals surface area contributed by atoms with Gasteiger partial charge in [-0.25, -0.2) is 0 Å². The zero-order valence-corrected chi connectivity index (χ0v) is 19.0. The zero-order chi connectivity index (χ0) is 23.5. The molecule has 0 aliphatic carbocycles. The molecule has 3 nitrogen and oxygen atoms in total. The van der Waals surface area contributed by atoms with E-state index in [0.717, 1.165) is 43.6 Å². The molecule has 6 heteroatoms. The largest absolute Gasteiger partial charge is 0.416 e. The van der Waals surface area contributed by atoms with Gasteiger partial charge in [-0.1, -0.05) is 60.2 Å². The van der Waals surface area contributed by atoms with Crippen LogP contribution >= 0.6 is 0 Å². The Morgan fingerprint density at radius 2 is 1.64 bits per heavy atom. The minimum Gasteiger partial charge on any atom is -0.374 e. The third kappa shape index (κ3) is 5.63. The van der Waals surface area contributed by atoms with Gasteiger partial charge >= 0.3 is 6.18 Å². The molecule has 4 rings (SSSR count). The lowest BCUT2D eigenvalue weighted by Crippen LogP contribution is -2.43. The quantitative estimate of drug-likeness (QED) is 0.440. The number of likely N-dealkylation sites (tertiary alicyclic amines) is 1. The van der Waals surface area contributed by atoms with Gasteiger partial charge in [-0.15, -0.1) is 0 Å². The molecule has 1 saturated heterocycles. The fourth-order valence-corrected chi connectivity index (χ4v) is 4.40. The Bertz CT molecular complexity index is 1060. The van der Waals surface area contributed by atoms with Crippen molar-refractivity contribution in [3.63, 3.8) is 0 Å². The van der Waals surface area contributed by atoms with Gasteiger partial charge in [0.15, 0.2) is 0 Å². The van der Waals surface area contributed by atoms with Crippen LogP contribution in [-0.4, -0.2) is 36.6 Å². The Labute approximate surface area is 193 Å². The summed E-state index contributed by atoms with van der Waals surface area (Å²) in [5.41, 5.74) is 2.66. The molecule has 1 fully saturated rings. The van der Waals surface area contributed by atoms with E-state index in [2.05, 4.69) is 29.1 Å². The van der Waals surface area contributed by atoms with Crippen molar-refractivity contribution in [1.82, 2.24) is 9.88 Å². The van der Waals surface area contributed by atoms with Crippen LogP contribution in [0.1, 0.15) is 35.2 Å². The Balaban J connectivity index is 1.56. The zero-order valence-electron chi connectivity index (χ0n) is 19.0. The predicted octanol–water partition coefficient (Wildman–Crippen LogP) is 6.26. The molecular weight excluding hydrogens is 425 g/mol. The van der Waals surface area contributed by atoms with E-state index in [1.807, 2.05) is 37.3 Å². The summed E-state index contributed by atoms with van der Waals surface area (Å²) in [6.07, 6.45) is -2.56. The SMILES string of the molecule is Cc1ccc(-c2cc(C(F)(F)F)cc(COCC3(c4ccccc4)CCN(C)CC3)n2)cc1. The van der Waals surface area contributed by atoms with E-state index >= 15 is 0 Å². The number of hydrogen-bond acceptors (Lipinski definition) is 3. The highest BCUT2D eigenvalue weighted by Gasteiger charge is 2.36. The van der Waals surface area contributed by atoms with E-state index in [4.69, 9.17) is 4.74 Å². The van der Waals surface area contributed by atoms with Crippen LogP contribution in [0, 0.1) is 6.92 Å². The summed E-state index contributed by atoms with van der Waals surface area (Å²) in [5, 5.41) is 0. The smallest absolute Gasteiger partial charge is 0.374 e. The Morgan fingerprint density at radius 3 is 2.27 bits per heavy atom. The molecule has 1 aliphatic rings. The maximum atomic E-state index is 13.6. The number of nitrogens with zero attached hydrogens (tertiary/aromatic N) is 2. The first-order valence-corrected chi connectivity index (χ1v) is 11.2. The first-order valence-electron chi connectivity index (χ1n) is 11.2. The highest BCUT2D eigenvalue weighted by molar-refractivity contribution is 5.60. The summed E-state index contributed by atoms with van der Waals surface area (Å²) in [6, 6.07) is 19.8. The van der Waals surface area contributed by atoms with E-state index < -0.39 is 11.7 Å². The summed E-state index contributed by atoms with van der Waals surface area (Å²) in [6.45, 7) is 4.33. The van der Waals surface area contributed by atoms with E-state index in [-0.39, 0.29) is 17.7 Å². The van der Waals surface area contributed by atoms with E-state index in [1.165, 1.54) is 5.56 Å². The topological polar surface area (TPSA) is 25.4 Å². The van der Waals surface area contributed by atoms with Gasteiger partial charge in [0.25, 0.3) is 0 Å².